The summed E-state index contributed by atoms with van der Waals surface area (Å²) in [5.41, 5.74) is 1.76. The number of aromatic nitrogens is 4. The number of amides is 1. The van der Waals surface area contributed by atoms with Crippen molar-refractivity contribution in [2.45, 2.75) is 46.3 Å². The minimum Gasteiger partial charge on any atom is -0.475 e. The lowest BCUT2D eigenvalue weighted by Crippen LogP contribution is -2.27. The lowest BCUT2D eigenvalue weighted by atomic mass is 10.1. The van der Waals surface area contributed by atoms with E-state index in [0.717, 1.165) is 17.8 Å². The van der Waals surface area contributed by atoms with Gasteiger partial charge in [-0.3, -0.25) is 24.3 Å². The van der Waals surface area contributed by atoms with Gasteiger partial charge in [0.05, 0.1) is 30.8 Å². The van der Waals surface area contributed by atoms with E-state index in [1.807, 2.05) is 25.5 Å². The first-order chi connectivity index (χ1) is 11.9. The van der Waals surface area contributed by atoms with Crippen LogP contribution in [0.15, 0.2) is 12.4 Å². The fraction of sp³-hybridized carbons (Fsp3) is 0.533. The molecular formula is C15H22N6O4. The van der Waals surface area contributed by atoms with Crippen LogP contribution in [0.25, 0.3) is 0 Å². The van der Waals surface area contributed by atoms with Crippen molar-refractivity contribution in [3.63, 3.8) is 0 Å². The Labute approximate surface area is 144 Å². The van der Waals surface area contributed by atoms with E-state index in [2.05, 4.69) is 15.5 Å². The zero-order chi connectivity index (χ0) is 18.6. The monoisotopic (exact) mass is 350 g/mol. The van der Waals surface area contributed by atoms with E-state index < -0.39 is 4.92 Å². The molecule has 0 bridgehead atoms. The molecule has 0 aliphatic rings. The van der Waals surface area contributed by atoms with Gasteiger partial charge in [0.25, 0.3) is 0 Å². The number of nitrogens with one attached hydrogen (secondary N) is 1. The maximum atomic E-state index is 12.1. The summed E-state index contributed by atoms with van der Waals surface area (Å²) in [7, 11) is 1.31. The molecule has 1 N–H and O–H groups in total. The number of rotatable bonds is 8. The number of carbonyl (C=O) groups is 1. The van der Waals surface area contributed by atoms with E-state index in [1.54, 1.807) is 6.20 Å². The third-order valence-corrected chi connectivity index (χ3v) is 3.95. The highest BCUT2D eigenvalue weighted by molar-refractivity contribution is 5.76. The first-order valence-electron chi connectivity index (χ1n) is 7.94. The summed E-state index contributed by atoms with van der Waals surface area (Å²) >= 11 is 0. The predicted molar refractivity (Wildman–Crippen MR) is 89.2 cm³/mol. The van der Waals surface area contributed by atoms with Crippen LogP contribution in [-0.4, -0.2) is 37.5 Å². The molecule has 136 valence electrons. The third kappa shape index (κ3) is 4.14. The predicted octanol–water partition coefficient (Wildman–Crippen LogP) is 1.59. The van der Waals surface area contributed by atoms with E-state index in [-0.39, 0.29) is 36.5 Å². The van der Waals surface area contributed by atoms with Crippen LogP contribution >= 0.6 is 0 Å². The molecule has 2 aromatic rings. The molecule has 2 heterocycles. The molecule has 1 atom stereocenters. The van der Waals surface area contributed by atoms with Gasteiger partial charge in [0, 0.05) is 24.2 Å². The van der Waals surface area contributed by atoms with Crippen molar-refractivity contribution < 1.29 is 14.5 Å². The number of hydrogen-bond acceptors (Lipinski definition) is 6. The first kappa shape index (κ1) is 18.4. The molecule has 1 unspecified atom stereocenters. The second-order valence-corrected chi connectivity index (χ2v) is 5.58. The number of nitrogens with zero attached hydrogens (tertiary/aromatic N) is 5. The van der Waals surface area contributed by atoms with Crippen LogP contribution in [0.5, 0.6) is 5.88 Å². The van der Waals surface area contributed by atoms with Crippen LogP contribution in [0.3, 0.4) is 0 Å². The molecule has 10 heteroatoms. The van der Waals surface area contributed by atoms with Crippen molar-refractivity contribution in [1.29, 1.82) is 0 Å². The molecule has 0 aliphatic heterocycles. The molecular weight excluding hydrogens is 328 g/mol. The molecule has 2 aromatic heterocycles. The van der Waals surface area contributed by atoms with Gasteiger partial charge < -0.3 is 10.1 Å². The quantitative estimate of drug-likeness (QED) is 0.571. The molecule has 0 spiro atoms. The molecule has 0 radical (unpaired) electrons. The lowest BCUT2D eigenvalue weighted by Gasteiger charge is -2.14. The van der Waals surface area contributed by atoms with Gasteiger partial charge in [-0.15, -0.1) is 5.10 Å². The Balaban J connectivity index is 1.94. The highest BCUT2D eigenvalue weighted by Crippen LogP contribution is 2.24. The minimum atomic E-state index is -0.571. The SMILES string of the molecule is CCn1ncc(C(C)NC(=O)CCn2cc([N+](=O)[O-])c(OC)n2)c1C. The summed E-state index contributed by atoms with van der Waals surface area (Å²) < 4.78 is 8.06. The van der Waals surface area contributed by atoms with E-state index in [1.165, 1.54) is 18.0 Å². The largest absolute Gasteiger partial charge is 0.475 e. The van der Waals surface area contributed by atoms with Crippen molar-refractivity contribution in [3.8, 4) is 5.88 Å². The van der Waals surface area contributed by atoms with Gasteiger partial charge in [0.15, 0.2) is 0 Å². The number of nitro groups is 1. The highest BCUT2D eigenvalue weighted by Gasteiger charge is 2.21. The molecule has 25 heavy (non-hydrogen) atoms. The van der Waals surface area contributed by atoms with Gasteiger partial charge in [-0.2, -0.15) is 5.10 Å². The van der Waals surface area contributed by atoms with E-state index in [4.69, 9.17) is 4.74 Å². The fourth-order valence-electron chi connectivity index (χ4n) is 2.59. The van der Waals surface area contributed by atoms with Crippen LogP contribution in [0, 0.1) is 17.0 Å². The minimum absolute atomic E-state index is 0.0682. The Bertz CT molecular complexity index is 766. The number of methoxy groups -OCH3 is 1. The summed E-state index contributed by atoms with van der Waals surface area (Å²) in [6.45, 7) is 6.85. The zero-order valence-electron chi connectivity index (χ0n) is 14.7. The third-order valence-electron chi connectivity index (χ3n) is 3.95. The van der Waals surface area contributed by atoms with E-state index >= 15 is 0 Å². The summed E-state index contributed by atoms with van der Waals surface area (Å²) in [6.07, 6.45) is 3.16. The van der Waals surface area contributed by atoms with Crippen LogP contribution in [0.1, 0.15) is 37.6 Å². The lowest BCUT2D eigenvalue weighted by molar-refractivity contribution is -0.385. The van der Waals surface area contributed by atoms with Crippen molar-refractivity contribution in [1.82, 2.24) is 24.9 Å². The second kappa shape index (κ2) is 7.77. The molecule has 0 saturated heterocycles. The van der Waals surface area contributed by atoms with Gasteiger partial charge in [-0.05, 0) is 20.8 Å². The topological polar surface area (TPSA) is 117 Å². The van der Waals surface area contributed by atoms with Gasteiger partial charge in [-0.1, -0.05) is 0 Å². The van der Waals surface area contributed by atoms with Crippen molar-refractivity contribution >= 4 is 11.6 Å². The van der Waals surface area contributed by atoms with Gasteiger partial charge >= 0.3 is 11.6 Å². The van der Waals surface area contributed by atoms with Crippen LogP contribution in [0.4, 0.5) is 5.69 Å². The standard InChI is InChI=1S/C15H22N6O4/c1-5-20-11(3)12(8-16-20)10(2)17-14(22)6-7-19-9-13(21(23)24)15(18-19)25-4/h8-10H,5-7H2,1-4H3,(H,17,22). The number of hydrogen-bond donors (Lipinski definition) is 1. The van der Waals surface area contributed by atoms with E-state index in [0.29, 0.717) is 0 Å². The van der Waals surface area contributed by atoms with Crippen molar-refractivity contribution in [2.24, 2.45) is 0 Å². The number of ether oxygens (including phenoxy) is 1. The van der Waals surface area contributed by atoms with Gasteiger partial charge in [0.2, 0.25) is 5.91 Å². The Morgan fingerprint density at radius 1 is 1.52 bits per heavy atom. The molecule has 0 saturated carbocycles. The molecule has 2 rings (SSSR count). The molecule has 0 fully saturated rings. The molecule has 1 amide bonds. The molecule has 10 nitrogen and oxygen atoms in total. The summed E-state index contributed by atoms with van der Waals surface area (Å²) in [5, 5.41) is 22.0. The Morgan fingerprint density at radius 3 is 2.76 bits per heavy atom. The van der Waals surface area contributed by atoms with Gasteiger partial charge in [-0.25, -0.2) is 0 Å². The van der Waals surface area contributed by atoms with Crippen LogP contribution in [-0.2, 0) is 17.9 Å². The normalized spacial score (nSPS) is 12.0. The molecule has 0 aliphatic carbocycles. The van der Waals surface area contributed by atoms with Gasteiger partial charge in [0.1, 0.15) is 6.20 Å². The Kier molecular flexibility index (Phi) is 5.73. The second-order valence-electron chi connectivity index (χ2n) is 5.58. The highest BCUT2D eigenvalue weighted by atomic mass is 16.6. The van der Waals surface area contributed by atoms with Crippen molar-refractivity contribution in [3.05, 3.63) is 33.8 Å². The number of aryl methyl sites for hydroxylation is 2. The van der Waals surface area contributed by atoms with Crippen LogP contribution < -0.4 is 10.1 Å². The Hall–Kier alpha value is -2.91. The molecule has 0 aromatic carbocycles. The van der Waals surface area contributed by atoms with Crippen molar-refractivity contribution in [2.75, 3.05) is 7.11 Å². The smallest absolute Gasteiger partial charge is 0.350 e. The summed E-state index contributed by atoms with van der Waals surface area (Å²) in [6, 6.07) is -0.172. The summed E-state index contributed by atoms with van der Waals surface area (Å²) in [5.74, 6) is -0.241. The maximum absolute atomic E-state index is 12.1. The van der Waals surface area contributed by atoms with Crippen LogP contribution in [0.2, 0.25) is 0 Å². The summed E-state index contributed by atoms with van der Waals surface area (Å²) in [4.78, 5) is 22.4. The number of carbonyl (C=O) groups excluding carboxylic acids is 1. The van der Waals surface area contributed by atoms with E-state index in [9.17, 15) is 14.9 Å². The average Bonchev–Trinajstić information content (AvgIpc) is 3.16. The zero-order valence-corrected chi connectivity index (χ0v) is 14.7. The average molecular weight is 350 g/mol. The fourth-order valence-corrected chi connectivity index (χ4v) is 2.59. The maximum Gasteiger partial charge on any atom is 0.350 e. The Morgan fingerprint density at radius 2 is 2.24 bits per heavy atom. The first-order valence-corrected chi connectivity index (χ1v) is 7.94.